The van der Waals surface area contributed by atoms with Crippen LogP contribution < -0.4 is 10.1 Å². The molecule has 4 nitrogen and oxygen atoms in total. The van der Waals surface area contributed by atoms with Crippen molar-refractivity contribution >= 4 is 17.2 Å². The number of amides is 1. The van der Waals surface area contributed by atoms with Crippen LogP contribution in [0.3, 0.4) is 0 Å². The molecule has 1 heterocycles. The van der Waals surface area contributed by atoms with E-state index in [-0.39, 0.29) is 18.6 Å². The van der Waals surface area contributed by atoms with E-state index in [4.69, 9.17) is 4.74 Å². The number of aliphatic hydroxyl groups is 1. The predicted molar refractivity (Wildman–Crippen MR) is 96.7 cm³/mol. The average Bonchev–Trinajstić information content (AvgIpc) is 3.36. The van der Waals surface area contributed by atoms with Gasteiger partial charge in [-0.1, -0.05) is 12.1 Å². The van der Waals surface area contributed by atoms with Crippen LogP contribution >= 0.6 is 11.3 Å². The van der Waals surface area contributed by atoms with E-state index in [1.165, 1.54) is 11.3 Å². The van der Waals surface area contributed by atoms with Crippen LogP contribution in [0.1, 0.15) is 33.8 Å². The maximum Gasteiger partial charge on any atom is 0.261 e. The minimum Gasteiger partial charge on any atom is -0.497 e. The summed E-state index contributed by atoms with van der Waals surface area (Å²) in [4.78, 5) is 14.4. The molecule has 24 heavy (non-hydrogen) atoms. The summed E-state index contributed by atoms with van der Waals surface area (Å²) in [6.45, 7) is 2.15. The molecule has 0 bridgehead atoms. The molecule has 128 valence electrons. The van der Waals surface area contributed by atoms with Crippen LogP contribution in [0.15, 0.2) is 30.3 Å². The number of hydrogen-bond acceptors (Lipinski definition) is 4. The van der Waals surface area contributed by atoms with Gasteiger partial charge in [0.15, 0.2) is 0 Å². The highest BCUT2D eigenvalue weighted by molar-refractivity contribution is 7.14. The highest BCUT2D eigenvalue weighted by Gasteiger charge is 2.32. The maximum absolute atomic E-state index is 12.6. The lowest BCUT2D eigenvalue weighted by Gasteiger charge is -2.16. The zero-order valence-electron chi connectivity index (χ0n) is 14.0. The second kappa shape index (κ2) is 7.36. The minimum absolute atomic E-state index is 0.0341. The molecule has 0 spiro atoms. The molecule has 2 N–H and O–H groups in total. The Bertz CT molecular complexity index is 704. The third-order valence-corrected chi connectivity index (χ3v) is 5.54. The second-order valence-electron chi connectivity index (χ2n) is 6.24. The maximum atomic E-state index is 12.6. The molecule has 1 atom stereocenters. The van der Waals surface area contributed by atoms with Crippen LogP contribution in [0, 0.1) is 12.8 Å². The van der Waals surface area contributed by atoms with E-state index in [1.54, 1.807) is 7.11 Å². The number of rotatable bonds is 7. The van der Waals surface area contributed by atoms with E-state index >= 15 is 0 Å². The van der Waals surface area contributed by atoms with Crippen molar-refractivity contribution < 1.29 is 14.6 Å². The SMILES string of the molecule is COc1ccc(-c2cc(C(=O)NC(CCO)C3CC3)sc2C)cc1. The van der Waals surface area contributed by atoms with E-state index in [1.807, 2.05) is 37.3 Å². The van der Waals surface area contributed by atoms with Crippen LogP contribution in [0.4, 0.5) is 0 Å². The van der Waals surface area contributed by atoms with Gasteiger partial charge in [0.2, 0.25) is 0 Å². The molecule has 1 aromatic carbocycles. The van der Waals surface area contributed by atoms with Gasteiger partial charge < -0.3 is 15.2 Å². The van der Waals surface area contributed by atoms with Crippen LogP contribution in [0.25, 0.3) is 11.1 Å². The summed E-state index contributed by atoms with van der Waals surface area (Å²) in [6, 6.07) is 9.92. The van der Waals surface area contributed by atoms with Crippen LogP contribution in [0.5, 0.6) is 5.75 Å². The van der Waals surface area contributed by atoms with Crippen molar-refractivity contribution in [1.29, 1.82) is 0 Å². The van der Waals surface area contributed by atoms with Gasteiger partial charge in [-0.3, -0.25) is 4.79 Å². The van der Waals surface area contributed by atoms with E-state index in [0.717, 1.165) is 39.5 Å². The highest BCUT2D eigenvalue weighted by atomic mass is 32.1. The minimum atomic E-state index is -0.0341. The molecule has 1 aliphatic rings. The van der Waals surface area contributed by atoms with Crippen LogP contribution in [-0.4, -0.2) is 30.8 Å². The summed E-state index contributed by atoms with van der Waals surface area (Å²) in [5.74, 6) is 1.32. The quantitative estimate of drug-likeness (QED) is 0.806. The van der Waals surface area contributed by atoms with Crippen molar-refractivity contribution in [2.24, 2.45) is 5.92 Å². The molecule has 1 saturated carbocycles. The first-order chi connectivity index (χ1) is 11.6. The predicted octanol–water partition coefficient (Wildman–Crippen LogP) is 3.62. The van der Waals surface area contributed by atoms with E-state index in [9.17, 15) is 9.90 Å². The number of ether oxygens (including phenoxy) is 1. The number of nitrogens with one attached hydrogen (secondary N) is 1. The van der Waals surface area contributed by atoms with Crippen molar-refractivity contribution in [2.45, 2.75) is 32.2 Å². The first-order valence-corrected chi connectivity index (χ1v) is 9.10. The molecule has 5 heteroatoms. The smallest absolute Gasteiger partial charge is 0.261 e. The van der Waals surface area contributed by atoms with E-state index in [2.05, 4.69) is 5.32 Å². The summed E-state index contributed by atoms with van der Waals surface area (Å²) in [6.07, 6.45) is 2.92. The Hall–Kier alpha value is -1.85. The van der Waals surface area contributed by atoms with Crippen molar-refractivity contribution in [1.82, 2.24) is 5.32 Å². The molecule has 1 amide bonds. The molecule has 3 rings (SSSR count). The Morgan fingerprint density at radius 1 is 1.38 bits per heavy atom. The number of aryl methyl sites for hydroxylation is 1. The molecule has 1 fully saturated rings. The van der Waals surface area contributed by atoms with Gasteiger partial charge in [0.25, 0.3) is 5.91 Å². The van der Waals surface area contributed by atoms with Crippen molar-refractivity contribution in [3.8, 4) is 16.9 Å². The Balaban J connectivity index is 1.75. The molecular weight excluding hydrogens is 322 g/mol. The summed E-state index contributed by atoms with van der Waals surface area (Å²) in [5, 5.41) is 12.3. The largest absolute Gasteiger partial charge is 0.497 e. The molecule has 1 aliphatic carbocycles. The number of benzene rings is 1. The fraction of sp³-hybridized carbons (Fsp3) is 0.421. The lowest BCUT2D eigenvalue weighted by molar-refractivity contribution is 0.0928. The molecule has 1 aromatic heterocycles. The number of carbonyl (C=O) groups excluding carboxylic acids is 1. The Morgan fingerprint density at radius 3 is 2.67 bits per heavy atom. The number of thiophene rings is 1. The third kappa shape index (κ3) is 3.79. The van der Waals surface area contributed by atoms with Crippen molar-refractivity contribution in [3.63, 3.8) is 0 Å². The van der Waals surface area contributed by atoms with Gasteiger partial charge in [-0.25, -0.2) is 0 Å². The van der Waals surface area contributed by atoms with Gasteiger partial charge in [-0.05, 0) is 61.4 Å². The van der Waals surface area contributed by atoms with Gasteiger partial charge in [-0.2, -0.15) is 0 Å². The summed E-state index contributed by atoms with van der Waals surface area (Å²) in [5.41, 5.74) is 2.16. The lowest BCUT2D eigenvalue weighted by atomic mass is 10.1. The van der Waals surface area contributed by atoms with Crippen LogP contribution in [-0.2, 0) is 0 Å². The Morgan fingerprint density at radius 2 is 2.08 bits per heavy atom. The Labute approximate surface area is 146 Å². The average molecular weight is 345 g/mol. The zero-order valence-corrected chi connectivity index (χ0v) is 14.9. The van der Waals surface area contributed by atoms with Crippen LogP contribution in [0.2, 0.25) is 0 Å². The monoisotopic (exact) mass is 345 g/mol. The molecule has 2 aromatic rings. The normalized spacial score (nSPS) is 15.1. The lowest BCUT2D eigenvalue weighted by Crippen LogP contribution is -2.36. The van der Waals surface area contributed by atoms with Gasteiger partial charge in [0.1, 0.15) is 5.75 Å². The van der Waals surface area contributed by atoms with Crippen molar-refractivity contribution in [2.75, 3.05) is 13.7 Å². The van der Waals surface area contributed by atoms with E-state index < -0.39 is 0 Å². The number of methoxy groups -OCH3 is 1. The number of hydrogen-bond donors (Lipinski definition) is 2. The number of carbonyl (C=O) groups is 1. The Kier molecular flexibility index (Phi) is 5.21. The molecular formula is C19H23NO3S. The summed E-state index contributed by atoms with van der Waals surface area (Å²) < 4.78 is 5.19. The highest BCUT2D eigenvalue weighted by Crippen LogP contribution is 2.35. The first kappa shape index (κ1) is 17.0. The van der Waals surface area contributed by atoms with Crippen molar-refractivity contribution in [3.05, 3.63) is 40.1 Å². The zero-order chi connectivity index (χ0) is 17.1. The molecule has 0 saturated heterocycles. The van der Waals surface area contributed by atoms with Gasteiger partial charge >= 0.3 is 0 Å². The fourth-order valence-corrected chi connectivity index (χ4v) is 3.90. The standard InChI is InChI=1S/C19H23NO3S/c1-12-16(13-5-7-15(23-2)8-6-13)11-18(24-12)19(22)20-17(9-10-21)14-3-4-14/h5-8,11,14,17,21H,3-4,9-10H2,1-2H3,(H,20,22). The molecule has 0 radical (unpaired) electrons. The third-order valence-electron chi connectivity index (χ3n) is 4.49. The van der Waals surface area contributed by atoms with Gasteiger partial charge in [-0.15, -0.1) is 11.3 Å². The molecule has 1 unspecified atom stereocenters. The van der Waals surface area contributed by atoms with E-state index in [0.29, 0.717) is 12.3 Å². The fourth-order valence-electron chi connectivity index (χ4n) is 2.95. The first-order valence-electron chi connectivity index (χ1n) is 8.29. The number of aliphatic hydroxyl groups excluding tert-OH is 1. The molecule has 0 aliphatic heterocycles. The van der Waals surface area contributed by atoms with Gasteiger partial charge in [0.05, 0.1) is 12.0 Å². The summed E-state index contributed by atoms with van der Waals surface area (Å²) in [7, 11) is 1.65. The summed E-state index contributed by atoms with van der Waals surface area (Å²) >= 11 is 1.51. The second-order valence-corrected chi connectivity index (χ2v) is 7.50. The van der Waals surface area contributed by atoms with Gasteiger partial charge in [0, 0.05) is 17.5 Å². The topological polar surface area (TPSA) is 58.6 Å².